The highest BCUT2D eigenvalue weighted by Gasteiger charge is 2.65. The number of ether oxygens (including phenoxy) is 2. The molecule has 2 saturated heterocycles. The van der Waals surface area contributed by atoms with Crippen LogP contribution in [0.15, 0.2) is 72.8 Å². The van der Waals surface area contributed by atoms with E-state index in [9.17, 15) is 19.5 Å². The molecule has 0 saturated carbocycles. The number of carbonyl (C=O) groups is 3. The number of fused-ring (bicyclic) bond motifs is 2. The smallest absolute Gasteiger partial charge is 0.261 e. The molecule has 0 aliphatic carbocycles. The van der Waals surface area contributed by atoms with Crippen molar-refractivity contribution < 1.29 is 29.0 Å². The maximum atomic E-state index is 14.1. The number of aliphatic hydroxyl groups is 1. The van der Waals surface area contributed by atoms with E-state index in [1.165, 1.54) is 5.19 Å². The summed E-state index contributed by atoms with van der Waals surface area (Å²) in [6.45, 7) is 7.15. The summed E-state index contributed by atoms with van der Waals surface area (Å²) in [6.07, 6.45) is 1.98. The number of nitrogens with zero attached hydrogens (tertiary/aromatic N) is 2. The van der Waals surface area contributed by atoms with Crippen molar-refractivity contribution in [1.82, 2.24) is 4.90 Å². The van der Waals surface area contributed by atoms with Crippen LogP contribution in [0.2, 0.25) is 18.6 Å². The van der Waals surface area contributed by atoms with Gasteiger partial charge in [-0.1, -0.05) is 55.5 Å². The van der Waals surface area contributed by atoms with Crippen molar-refractivity contribution in [3.63, 3.8) is 0 Å². The summed E-state index contributed by atoms with van der Waals surface area (Å²) in [7, 11) is -0.786. The molecule has 3 amide bonds. The lowest BCUT2D eigenvalue weighted by Gasteiger charge is -2.37. The van der Waals surface area contributed by atoms with Crippen LogP contribution in [0.3, 0.4) is 0 Å². The monoisotopic (exact) mass is 627 g/mol. The Morgan fingerprint density at radius 3 is 2.53 bits per heavy atom. The number of para-hydroxylation sites is 1. The third-order valence-electron chi connectivity index (χ3n) is 10.3. The van der Waals surface area contributed by atoms with Crippen LogP contribution in [0.4, 0.5) is 17.1 Å². The zero-order valence-electron chi connectivity index (χ0n) is 26.2. The van der Waals surface area contributed by atoms with Crippen LogP contribution in [-0.2, 0) is 24.7 Å². The molecule has 0 unspecified atom stereocenters. The van der Waals surface area contributed by atoms with Gasteiger partial charge >= 0.3 is 0 Å². The topological polar surface area (TPSA) is 108 Å². The minimum atomic E-state index is -2.43. The molecule has 5 atom stereocenters. The van der Waals surface area contributed by atoms with Gasteiger partial charge in [0.25, 0.3) is 5.91 Å². The van der Waals surface area contributed by atoms with Gasteiger partial charge < -0.3 is 24.8 Å². The lowest BCUT2D eigenvalue weighted by molar-refractivity contribution is -0.148. The number of carbonyl (C=O) groups excluding carboxylic acids is 3. The molecule has 2 N–H and O–H groups in total. The van der Waals surface area contributed by atoms with Crippen molar-refractivity contribution in [2.24, 2.45) is 5.92 Å². The zero-order valence-corrected chi connectivity index (χ0v) is 27.2. The number of nitrogens with one attached hydrogen (secondary N) is 1. The van der Waals surface area contributed by atoms with Crippen LogP contribution in [-0.4, -0.2) is 68.7 Å². The van der Waals surface area contributed by atoms with Gasteiger partial charge in [-0.2, -0.15) is 0 Å². The van der Waals surface area contributed by atoms with Crippen molar-refractivity contribution in [3.05, 3.63) is 78.4 Å². The van der Waals surface area contributed by atoms with Crippen molar-refractivity contribution in [3.8, 4) is 5.75 Å². The fraction of sp³-hybridized carbons (Fsp3) is 0.400. The molecule has 6 rings (SSSR count). The Kier molecular flexibility index (Phi) is 8.32. The van der Waals surface area contributed by atoms with Gasteiger partial charge in [0.05, 0.1) is 40.4 Å². The minimum Gasteiger partial charge on any atom is -0.497 e. The molecule has 3 aromatic rings. The Bertz CT molecular complexity index is 1580. The highest BCUT2D eigenvalue weighted by Crippen LogP contribution is 2.59. The third-order valence-corrected chi connectivity index (χ3v) is 14.6. The van der Waals surface area contributed by atoms with Crippen molar-refractivity contribution in [2.75, 3.05) is 30.5 Å². The minimum absolute atomic E-state index is 0.0612. The Labute approximate surface area is 265 Å². The first kappa shape index (κ1) is 31.0. The fourth-order valence-electron chi connectivity index (χ4n) is 7.97. The number of likely N-dealkylation sites (tertiary alicyclic amines) is 1. The number of methoxy groups -OCH3 is 1. The van der Waals surface area contributed by atoms with Gasteiger partial charge in [-0.05, 0) is 60.8 Å². The van der Waals surface area contributed by atoms with Crippen LogP contribution >= 0.6 is 0 Å². The SMILES string of the molecule is COc1ccc([Si](C)(C)[C@@H]2[C@@H](CC(=O)N3CCC[C@H]3CO)O[C@]3(C(=O)Nc4ccc(N(C=O)c5ccccc5)cc43)[C@H]2C)cc1. The first-order chi connectivity index (χ1) is 21.6. The second-order valence-corrected chi connectivity index (χ2v) is 17.6. The highest BCUT2D eigenvalue weighted by molar-refractivity contribution is 6.91. The molecule has 9 nitrogen and oxygen atoms in total. The van der Waals surface area contributed by atoms with Gasteiger partial charge in [-0.25, -0.2) is 0 Å². The lowest BCUT2D eigenvalue weighted by atomic mass is 9.82. The van der Waals surface area contributed by atoms with Crippen molar-refractivity contribution >= 4 is 48.5 Å². The van der Waals surface area contributed by atoms with Crippen LogP contribution < -0.4 is 20.1 Å². The molecule has 3 aliphatic rings. The molecule has 0 aromatic heterocycles. The number of rotatable bonds is 9. The zero-order chi connectivity index (χ0) is 31.9. The van der Waals surface area contributed by atoms with Crippen LogP contribution in [0, 0.1) is 5.92 Å². The molecule has 10 heteroatoms. The van der Waals surface area contributed by atoms with E-state index in [-0.39, 0.29) is 42.3 Å². The molecule has 1 spiro atoms. The second kappa shape index (κ2) is 12.1. The van der Waals surface area contributed by atoms with E-state index in [4.69, 9.17) is 9.47 Å². The van der Waals surface area contributed by atoms with Gasteiger partial charge in [0.1, 0.15) is 5.75 Å². The maximum absolute atomic E-state index is 14.1. The molecular weight excluding hydrogens is 586 g/mol. The summed E-state index contributed by atoms with van der Waals surface area (Å²) in [5.74, 6) is 0.160. The number of benzene rings is 3. The second-order valence-electron chi connectivity index (χ2n) is 12.9. The Balaban J connectivity index is 1.43. The summed E-state index contributed by atoms with van der Waals surface area (Å²) in [4.78, 5) is 43.6. The molecule has 236 valence electrons. The summed E-state index contributed by atoms with van der Waals surface area (Å²) in [5, 5.41) is 14.2. The average Bonchev–Trinajstić information content (AvgIpc) is 3.73. The molecular formula is C35H41N3O6Si. The van der Waals surface area contributed by atoms with Gasteiger partial charge in [-0.3, -0.25) is 19.3 Å². The summed E-state index contributed by atoms with van der Waals surface area (Å²) < 4.78 is 12.4. The first-order valence-electron chi connectivity index (χ1n) is 15.6. The number of anilines is 3. The van der Waals surface area contributed by atoms with Crippen molar-refractivity contribution in [2.45, 2.75) is 62.6 Å². The predicted octanol–water partition coefficient (Wildman–Crippen LogP) is 4.53. The first-order valence-corrected chi connectivity index (χ1v) is 18.7. The van der Waals surface area contributed by atoms with Gasteiger partial charge in [-0.15, -0.1) is 0 Å². The maximum Gasteiger partial charge on any atom is 0.261 e. The molecule has 3 heterocycles. The molecule has 45 heavy (non-hydrogen) atoms. The normalized spacial score (nSPS) is 25.7. The number of amides is 3. The standard InChI is InChI=1S/C35H41N3O6Si/c1-23-33(45(3,4)28-15-13-27(43-2)14-16-28)31(20-32(41)37-18-8-11-26(37)21-39)44-35(23)29-19-25(12-17-30(29)36-34(35)42)38(22-40)24-9-6-5-7-10-24/h5-7,9-10,12-17,19,22-23,26,31,33,39H,8,11,18,20-21H2,1-4H3,(H,36,42)/t23-,26-,31+,33-,35+/m0/s1. The Hall–Kier alpha value is -3.99. The van der Waals surface area contributed by atoms with E-state index in [1.54, 1.807) is 16.9 Å². The predicted molar refractivity (Wildman–Crippen MR) is 176 cm³/mol. The molecule has 2 fully saturated rings. The van der Waals surface area contributed by atoms with Gasteiger partial charge in [0.2, 0.25) is 12.3 Å². The van der Waals surface area contributed by atoms with E-state index in [0.717, 1.165) is 25.0 Å². The van der Waals surface area contributed by atoms with E-state index in [2.05, 4.69) is 37.5 Å². The third kappa shape index (κ3) is 5.14. The lowest BCUT2D eigenvalue weighted by Crippen LogP contribution is -2.52. The summed E-state index contributed by atoms with van der Waals surface area (Å²) in [6, 6.07) is 22.7. The summed E-state index contributed by atoms with van der Waals surface area (Å²) in [5.41, 5.74) is 1.19. The van der Waals surface area contributed by atoms with E-state index < -0.39 is 19.8 Å². The number of hydrogen-bond acceptors (Lipinski definition) is 6. The van der Waals surface area contributed by atoms with E-state index in [1.807, 2.05) is 60.7 Å². The fourth-order valence-corrected chi connectivity index (χ4v) is 12.0. The van der Waals surface area contributed by atoms with E-state index >= 15 is 0 Å². The molecule has 0 bridgehead atoms. The van der Waals surface area contributed by atoms with E-state index in [0.29, 0.717) is 29.2 Å². The Morgan fingerprint density at radius 1 is 1.13 bits per heavy atom. The van der Waals surface area contributed by atoms with Crippen LogP contribution in [0.1, 0.15) is 31.7 Å². The quantitative estimate of drug-likeness (QED) is 0.267. The Morgan fingerprint density at radius 2 is 1.87 bits per heavy atom. The van der Waals surface area contributed by atoms with Gasteiger partial charge in [0, 0.05) is 35.1 Å². The van der Waals surface area contributed by atoms with Crippen LogP contribution in [0.5, 0.6) is 5.75 Å². The number of aliphatic hydroxyl groups excluding tert-OH is 1. The van der Waals surface area contributed by atoms with Crippen molar-refractivity contribution in [1.29, 1.82) is 0 Å². The largest absolute Gasteiger partial charge is 0.497 e. The summed E-state index contributed by atoms with van der Waals surface area (Å²) >= 11 is 0. The highest BCUT2D eigenvalue weighted by atomic mass is 28.3. The number of hydrogen-bond donors (Lipinski definition) is 2. The van der Waals surface area contributed by atoms with Crippen LogP contribution in [0.25, 0.3) is 0 Å². The van der Waals surface area contributed by atoms with Gasteiger partial charge in [0.15, 0.2) is 5.60 Å². The molecule has 0 radical (unpaired) electrons. The average molecular weight is 628 g/mol. The molecule has 3 aliphatic heterocycles. The molecule has 3 aromatic carbocycles.